The number of urea groups is 1. The maximum atomic E-state index is 13.2. The number of hydrazone groups is 1. The van der Waals surface area contributed by atoms with Gasteiger partial charge in [0.2, 0.25) is 0 Å². The van der Waals surface area contributed by atoms with Gasteiger partial charge >= 0.3 is 18.2 Å². The summed E-state index contributed by atoms with van der Waals surface area (Å²) in [5, 5.41) is 8.08. The summed E-state index contributed by atoms with van der Waals surface area (Å²) in [5.41, 5.74) is 0.0844. The number of benzene rings is 2. The molecule has 1 atom stereocenters. The second-order valence-electron chi connectivity index (χ2n) is 8.59. The average molecular weight is 542 g/mol. The Hall–Kier alpha value is -2.72. The third kappa shape index (κ3) is 6.53. The van der Waals surface area contributed by atoms with Gasteiger partial charge in [0.05, 0.1) is 35.0 Å². The molecule has 0 aromatic heterocycles. The highest BCUT2D eigenvalue weighted by atomic mass is 35.5. The summed E-state index contributed by atoms with van der Waals surface area (Å²) in [4.78, 5) is 25.1. The number of hydrogen-bond acceptors (Lipinski definition) is 5. The van der Waals surface area contributed by atoms with Crippen LogP contribution in [0.25, 0.3) is 0 Å². The van der Waals surface area contributed by atoms with Crippen LogP contribution in [0, 0.1) is 5.41 Å². The zero-order chi connectivity index (χ0) is 26.5. The van der Waals surface area contributed by atoms with E-state index in [2.05, 4.69) is 10.4 Å². The molecule has 2 aromatic carbocycles. The molecule has 11 heteroatoms. The summed E-state index contributed by atoms with van der Waals surface area (Å²) < 4.78 is 44.6. The van der Waals surface area contributed by atoms with Crippen LogP contribution in [-0.4, -0.2) is 47.9 Å². The molecule has 0 spiro atoms. The van der Waals surface area contributed by atoms with Gasteiger partial charge in [0.25, 0.3) is 0 Å². The number of halogens is 4. The molecule has 0 saturated carbocycles. The van der Waals surface area contributed by atoms with Gasteiger partial charge in [-0.05, 0) is 67.7 Å². The maximum Gasteiger partial charge on any atom is 0.417 e. The van der Waals surface area contributed by atoms with Gasteiger partial charge in [-0.2, -0.15) is 30.0 Å². The predicted octanol–water partition coefficient (Wildman–Crippen LogP) is 6.94. The zero-order valence-electron chi connectivity index (χ0n) is 20.1. The van der Waals surface area contributed by atoms with Crippen molar-refractivity contribution in [3.05, 3.63) is 64.2 Å². The Bertz CT molecular complexity index is 1160. The first kappa shape index (κ1) is 27.9. The second-order valence-corrected chi connectivity index (χ2v) is 9.98. The Morgan fingerprint density at radius 3 is 2.64 bits per heavy atom. The molecule has 0 aliphatic carbocycles. The standard InChI is InChI=1S/C25H27ClF3N3O3S/c1-4-35-22(33)17-7-5-8-18(13-17)30-23(34)32-15-24(2,11-6-12-36-3)21(31-32)16-9-10-19(20(26)14-16)25(27,28)29/h5,7-10,13-14H,4,6,11-12,15H2,1-3H3,(H,30,34). The first-order valence-corrected chi connectivity index (χ1v) is 13.1. The monoisotopic (exact) mass is 541 g/mol. The Balaban J connectivity index is 1.88. The smallest absolute Gasteiger partial charge is 0.417 e. The van der Waals surface area contributed by atoms with E-state index >= 15 is 0 Å². The normalized spacial score (nSPS) is 17.6. The van der Waals surface area contributed by atoms with Crippen LogP contribution < -0.4 is 5.32 Å². The molecular formula is C25H27ClF3N3O3S. The minimum absolute atomic E-state index is 0.226. The number of hydrogen-bond donors (Lipinski definition) is 1. The van der Waals surface area contributed by atoms with E-state index in [4.69, 9.17) is 16.3 Å². The van der Waals surface area contributed by atoms with Gasteiger partial charge in [-0.15, -0.1) is 0 Å². The molecule has 36 heavy (non-hydrogen) atoms. The summed E-state index contributed by atoms with van der Waals surface area (Å²) in [5.74, 6) is 0.388. The number of amides is 2. The van der Waals surface area contributed by atoms with Gasteiger partial charge in [0.15, 0.2) is 0 Å². The molecule has 194 valence electrons. The van der Waals surface area contributed by atoms with Crippen LogP contribution in [0.3, 0.4) is 0 Å². The second kappa shape index (κ2) is 11.6. The molecular weight excluding hydrogens is 515 g/mol. The zero-order valence-corrected chi connectivity index (χ0v) is 21.7. The van der Waals surface area contributed by atoms with Crippen molar-refractivity contribution in [2.24, 2.45) is 10.5 Å². The fourth-order valence-electron chi connectivity index (χ4n) is 4.03. The predicted molar refractivity (Wildman–Crippen MR) is 137 cm³/mol. The lowest BCUT2D eigenvalue weighted by atomic mass is 9.78. The van der Waals surface area contributed by atoms with Crippen LogP contribution >= 0.6 is 23.4 Å². The average Bonchev–Trinajstić information content (AvgIpc) is 3.16. The molecule has 1 aliphatic heterocycles. The van der Waals surface area contributed by atoms with Crippen molar-refractivity contribution < 1.29 is 27.5 Å². The third-order valence-corrected chi connectivity index (χ3v) is 6.79. The van der Waals surface area contributed by atoms with Gasteiger partial charge in [-0.1, -0.05) is 30.7 Å². The fraction of sp³-hybridized carbons (Fsp3) is 0.400. The van der Waals surface area contributed by atoms with Gasteiger partial charge in [-0.3, -0.25) is 0 Å². The topological polar surface area (TPSA) is 71.0 Å². The molecule has 2 aromatic rings. The van der Waals surface area contributed by atoms with Crippen molar-refractivity contribution in [2.75, 3.05) is 30.5 Å². The van der Waals surface area contributed by atoms with E-state index in [0.717, 1.165) is 18.2 Å². The van der Waals surface area contributed by atoms with Crippen LogP contribution in [0.4, 0.5) is 23.7 Å². The van der Waals surface area contributed by atoms with E-state index in [0.29, 0.717) is 28.9 Å². The summed E-state index contributed by atoms with van der Waals surface area (Å²) >= 11 is 7.66. The van der Waals surface area contributed by atoms with Crippen molar-refractivity contribution >= 4 is 46.8 Å². The summed E-state index contributed by atoms with van der Waals surface area (Å²) in [7, 11) is 0. The minimum Gasteiger partial charge on any atom is -0.462 e. The quantitative estimate of drug-likeness (QED) is 0.290. The van der Waals surface area contributed by atoms with Crippen molar-refractivity contribution in [3.63, 3.8) is 0 Å². The van der Waals surface area contributed by atoms with E-state index in [1.807, 2.05) is 13.2 Å². The number of carbonyl (C=O) groups excluding carboxylic acids is 2. The SMILES string of the molecule is CCOC(=O)c1cccc(NC(=O)N2CC(C)(CCCSC)C(c3ccc(C(F)(F)F)c(Cl)c3)=N2)c1. The molecule has 1 aliphatic rings. The van der Waals surface area contributed by atoms with Crippen LogP contribution in [0.5, 0.6) is 0 Å². The van der Waals surface area contributed by atoms with Crippen LogP contribution in [0.2, 0.25) is 5.02 Å². The summed E-state index contributed by atoms with van der Waals surface area (Å²) in [6.07, 6.45) is -1.07. The molecule has 0 fully saturated rings. The summed E-state index contributed by atoms with van der Waals surface area (Å²) in [6, 6.07) is 9.34. The number of anilines is 1. The molecule has 6 nitrogen and oxygen atoms in total. The first-order valence-electron chi connectivity index (χ1n) is 11.3. The molecule has 3 rings (SSSR count). The number of nitrogens with one attached hydrogen (secondary N) is 1. The van der Waals surface area contributed by atoms with Crippen molar-refractivity contribution in [1.29, 1.82) is 0 Å². The van der Waals surface area contributed by atoms with E-state index in [1.165, 1.54) is 23.2 Å². The lowest BCUT2D eigenvalue weighted by molar-refractivity contribution is -0.137. The van der Waals surface area contributed by atoms with E-state index in [1.54, 1.807) is 36.9 Å². The van der Waals surface area contributed by atoms with Crippen molar-refractivity contribution in [1.82, 2.24) is 5.01 Å². The maximum absolute atomic E-state index is 13.2. The lowest BCUT2D eigenvalue weighted by Crippen LogP contribution is -2.36. The number of nitrogens with zero attached hydrogens (tertiary/aromatic N) is 2. The third-order valence-electron chi connectivity index (χ3n) is 5.78. The van der Waals surface area contributed by atoms with E-state index in [-0.39, 0.29) is 13.2 Å². The molecule has 0 bridgehead atoms. The highest BCUT2D eigenvalue weighted by molar-refractivity contribution is 7.98. The number of ether oxygens (including phenoxy) is 1. The number of thioether (sulfide) groups is 1. The van der Waals surface area contributed by atoms with E-state index < -0.39 is 34.2 Å². The number of alkyl halides is 3. The lowest BCUT2D eigenvalue weighted by Gasteiger charge is -2.26. The molecule has 1 heterocycles. The Labute approximate surface area is 217 Å². The number of rotatable bonds is 8. The largest absolute Gasteiger partial charge is 0.462 e. The minimum atomic E-state index is -4.57. The van der Waals surface area contributed by atoms with Crippen molar-refractivity contribution in [2.45, 2.75) is 32.9 Å². The van der Waals surface area contributed by atoms with Gasteiger partial charge in [0, 0.05) is 11.1 Å². The Morgan fingerprint density at radius 2 is 2.00 bits per heavy atom. The van der Waals surface area contributed by atoms with Gasteiger partial charge < -0.3 is 10.1 Å². The Kier molecular flexibility index (Phi) is 8.94. The first-order chi connectivity index (χ1) is 17.0. The van der Waals surface area contributed by atoms with Crippen LogP contribution in [0.1, 0.15) is 48.2 Å². The number of esters is 1. The van der Waals surface area contributed by atoms with Crippen LogP contribution in [0.15, 0.2) is 47.6 Å². The van der Waals surface area contributed by atoms with E-state index in [9.17, 15) is 22.8 Å². The van der Waals surface area contributed by atoms with Gasteiger partial charge in [-0.25, -0.2) is 14.6 Å². The molecule has 0 radical (unpaired) electrons. The summed E-state index contributed by atoms with van der Waals surface area (Å²) in [6.45, 7) is 4.10. The van der Waals surface area contributed by atoms with Crippen molar-refractivity contribution in [3.8, 4) is 0 Å². The van der Waals surface area contributed by atoms with Crippen LogP contribution in [-0.2, 0) is 10.9 Å². The highest BCUT2D eigenvalue weighted by Crippen LogP contribution is 2.39. The van der Waals surface area contributed by atoms with Gasteiger partial charge in [0.1, 0.15) is 0 Å². The highest BCUT2D eigenvalue weighted by Gasteiger charge is 2.42. The fourth-order valence-corrected chi connectivity index (χ4v) is 4.75. The molecule has 0 saturated heterocycles. The molecule has 1 N–H and O–H groups in total. The molecule has 2 amide bonds. The Morgan fingerprint density at radius 1 is 1.25 bits per heavy atom. The number of carbonyl (C=O) groups is 2. The molecule has 1 unspecified atom stereocenters.